The standard InChI is InChI=1S/C13H17N3O2/c1-8(9-2-3-9)15-12(17)10-4-6-11(7-5-10)16-13(14)18/h4-9H,2-3H2,1H3,(H,15,17)(H3,14,16,18). The van der Waals surface area contributed by atoms with Gasteiger partial charge in [-0.25, -0.2) is 4.79 Å². The van der Waals surface area contributed by atoms with E-state index in [1.807, 2.05) is 6.92 Å². The van der Waals surface area contributed by atoms with Crippen LogP contribution in [0.2, 0.25) is 0 Å². The molecule has 1 fully saturated rings. The number of hydrogen-bond donors (Lipinski definition) is 3. The molecule has 0 aliphatic heterocycles. The van der Waals surface area contributed by atoms with Gasteiger partial charge in [0.25, 0.3) is 5.91 Å². The molecule has 5 heteroatoms. The van der Waals surface area contributed by atoms with E-state index in [2.05, 4.69) is 10.6 Å². The van der Waals surface area contributed by atoms with Crippen LogP contribution >= 0.6 is 0 Å². The first-order valence-electron chi connectivity index (χ1n) is 6.03. The lowest BCUT2D eigenvalue weighted by atomic mass is 10.1. The molecule has 5 nitrogen and oxygen atoms in total. The minimum atomic E-state index is -0.616. The van der Waals surface area contributed by atoms with Crippen LogP contribution in [-0.4, -0.2) is 18.0 Å². The Balaban J connectivity index is 1.95. The van der Waals surface area contributed by atoms with Crippen LogP contribution in [0.25, 0.3) is 0 Å². The Morgan fingerprint density at radius 3 is 2.39 bits per heavy atom. The van der Waals surface area contributed by atoms with Gasteiger partial charge in [-0.15, -0.1) is 0 Å². The number of anilines is 1. The molecule has 1 unspecified atom stereocenters. The van der Waals surface area contributed by atoms with Gasteiger partial charge in [-0.3, -0.25) is 4.79 Å². The van der Waals surface area contributed by atoms with Crippen molar-refractivity contribution in [1.29, 1.82) is 0 Å². The maximum Gasteiger partial charge on any atom is 0.316 e. The summed E-state index contributed by atoms with van der Waals surface area (Å²) in [4.78, 5) is 22.5. The Bertz CT molecular complexity index is 452. The van der Waals surface area contributed by atoms with Crippen LogP contribution in [0.5, 0.6) is 0 Å². The second-order valence-electron chi connectivity index (χ2n) is 4.67. The van der Waals surface area contributed by atoms with Gasteiger partial charge in [0.2, 0.25) is 0 Å². The first-order valence-corrected chi connectivity index (χ1v) is 6.03. The number of carbonyl (C=O) groups is 2. The van der Waals surface area contributed by atoms with E-state index < -0.39 is 6.03 Å². The van der Waals surface area contributed by atoms with E-state index >= 15 is 0 Å². The fourth-order valence-electron chi connectivity index (χ4n) is 1.85. The largest absolute Gasteiger partial charge is 0.351 e. The summed E-state index contributed by atoms with van der Waals surface area (Å²) in [5.74, 6) is 0.546. The van der Waals surface area contributed by atoms with Crippen LogP contribution in [0.3, 0.4) is 0 Å². The minimum Gasteiger partial charge on any atom is -0.351 e. The molecule has 1 atom stereocenters. The molecule has 0 bridgehead atoms. The molecule has 3 amide bonds. The van der Waals surface area contributed by atoms with Gasteiger partial charge in [-0.2, -0.15) is 0 Å². The summed E-state index contributed by atoms with van der Waals surface area (Å²) >= 11 is 0. The van der Waals surface area contributed by atoms with Crippen molar-refractivity contribution in [3.63, 3.8) is 0 Å². The molecule has 0 heterocycles. The second-order valence-corrected chi connectivity index (χ2v) is 4.67. The van der Waals surface area contributed by atoms with Crippen molar-refractivity contribution in [2.45, 2.75) is 25.8 Å². The number of amides is 3. The molecular formula is C13H17N3O2. The molecule has 1 aromatic carbocycles. The number of carbonyl (C=O) groups excluding carboxylic acids is 2. The highest BCUT2D eigenvalue weighted by molar-refractivity contribution is 5.95. The normalized spacial score (nSPS) is 15.8. The Morgan fingerprint density at radius 2 is 1.89 bits per heavy atom. The van der Waals surface area contributed by atoms with Crippen LogP contribution in [0.15, 0.2) is 24.3 Å². The van der Waals surface area contributed by atoms with E-state index in [4.69, 9.17) is 5.73 Å². The first kappa shape index (κ1) is 12.4. The third-order valence-corrected chi connectivity index (χ3v) is 3.10. The summed E-state index contributed by atoms with van der Waals surface area (Å²) in [5.41, 5.74) is 6.16. The van der Waals surface area contributed by atoms with Crippen LogP contribution in [-0.2, 0) is 0 Å². The van der Waals surface area contributed by atoms with Crippen LogP contribution in [0, 0.1) is 5.92 Å². The Hall–Kier alpha value is -2.04. The van der Waals surface area contributed by atoms with E-state index in [9.17, 15) is 9.59 Å². The zero-order chi connectivity index (χ0) is 13.1. The van der Waals surface area contributed by atoms with Crippen molar-refractivity contribution in [1.82, 2.24) is 5.32 Å². The molecule has 1 aliphatic carbocycles. The molecule has 0 spiro atoms. The molecule has 0 saturated heterocycles. The molecule has 1 aliphatic rings. The monoisotopic (exact) mass is 247 g/mol. The van der Waals surface area contributed by atoms with Crippen LogP contribution < -0.4 is 16.4 Å². The lowest BCUT2D eigenvalue weighted by Crippen LogP contribution is -2.33. The number of urea groups is 1. The molecule has 1 saturated carbocycles. The summed E-state index contributed by atoms with van der Waals surface area (Å²) in [6, 6.07) is 6.25. The van der Waals surface area contributed by atoms with Crippen molar-refractivity contribution in [3.05, 3.63) is 29.8 Å². The fourth-order valence-corrected chi connectivity index (χ4v) is 1.85. The van der Waals surface area contributed by atoms with E-state index in [1.165, 1.54) is 12.8 Å². The molecular weight excluding hydrogens is 230 g/mol. The molecule has 1 aromatic rings. The highest BCUT2D eigenvalue weighted by atomic mass is 16.2. The van der Waals surface area contributed by atoms with E-state index in [0.717, 1.165) is 0 Å². The average Bonchev–Trinajstić information content (AvgIpc) is 3.12. The maximum absolute atomic E-state index is 11.9. The van der Waals surface area contributed by atoms with Crippen molar-refractivity contribution < 1.29 is 9.59 Å². The predicted molar refractivity (Wildman–Crippen MR) is 69.3 cm³/mol. The Morgan fingerprint density at radius 1 is 1.28 bits per heavy atom. The summed E-state index contributed by atoms with van der Waals surface area (Å²) in [6.07, 6.45) is 2.39. The quantitative estimate of drug-likeness (QED) is 0.756. The zero-order valence-electron chi connectivity index (χ0n) is 10.3. The predicted octanol–water partition coefficient (Wildman–Crippen LogP) is 1.71. The van der Waals surface area contributed by atoms with Gasteiger partial charge in [-0.1, -0.05) is 0 Å². The second kappa shape index (κ2) is 5.08. The number of rotatable bonds is 4. The summed E-state index contributed by atoms with van der Waals surface area (Å²) in [5, 5.41) is 5.41. The Kier molecular flexibility index (Phi) is 3.50. The zero-order valence-corrected chi connectivity index (χ0v) is 10.3. The van der Waals surface area contributed by atoms with E-state index in [0.29, 0.717) is 17.2 Å². The van der Waals surface area contributed by atoms with Gasteiger partial charge in [0.15, 0.2) is 0 Å². The SMILES string of the molecule is CC(NC(=O)c1ccc(NC(N)=O)cc1)C1CC1. The average molecular weight is 247 g/mol. The molecule has 4 N–H and O–H groups in total. The third kappa shape index (κ3) is 3.23. The van der Waals surface area contributed by atoms with Crippen molar-refractivity contribution in [2.24, 2.45) is 11.7 Å². The van der Waals surface area contributed by atoms with E-state index in [1.54, 1.807) is 24.3 Å². The van der Waals surface area contributed by atoms with E-state index in [-0.39, 0.29) is 11.9 Å². The number of nitrogens with two attached hydrogens (primary N) is 1. The summed E-state index contributed by atoms with van der Waals surface area (Å²) in [6.45, 7) is 2.03. The molecule has 96 valence electrons. The van der Waals surface area contributed by atoms with Gasteiger partial charge in [0.05, 0.1) is 0 Å². The smallest absolute Gasteiger partial charge is 0.316 e. The molecule has 0 radical (unpaired) electrons. The van der Waals surface area contributed by atoms with Crippen molar-refractivity contribution in [3.8, 4) is 0 Å². The molecule has 2 rings (SSSR count). The van der Waals surface area contributed by atoms with Gasteiger partial charge in [0, 0.05) is 17.3 Å². The van der Waals surface area contributed by atoms with Crippen molar-refractivity contribution >= 4 is 17.6 Å². The van der Waals surface area contributed by atoms with Crippen LogP contribution in [0.4, 0.5) is 10.5 Å². The van der Waals surface area contributed by atoms with Crippen LogP contribution in [0.1, 0.15) is 30.1 Å². The Labute approximate surface area is 106 Å². The van der Waals surface area contributed by atoms with Crippen molar-refractivity contribution in [2.75, 3.05) is 5.32 Å². The van der Waals surface area contributed by atoms with Gasteiger partial charge in [-0.05, 0) is 49.9 Å². The lowest BCUT2D eigenvalue weighted by Gasteiger charge is -2.12. The molecule has 0 aromatic heterocycles. The fraction of sp³-hybridized carbons (Fsp3) is 0.385. The molecule has 18 heavy (non-hydrogen) atoms. The number of hydrogen-bond acceptors (Lipinski definition) is 2. The third-order valence-electron chi connectivity index (χ3n) is 3.10. The number of nitrogens with one attached hydrogen (secondary N) is 2. The lowest BCUT2D eigenvalue weighted by molar-refractivity contribution is 0.0936. The van der Waals surface area contributed by atoms with Gasteiger partial charge >= 0.3 is 6.03 Å². The topological polar surface area (TPSA) is 84.2 Å². The van der Waals surface area contributed by atoms with Gasteiger partial charge in [0.1, 0.15) is 0 Å². The summed E-state index contributed by atoms with van der Waals surface area (Å²) in [7, 11) is 0. The maximum atomic E-state index is 11.9. The summed E-state index contributed by atoms with van der Waals surface area (Å²) < 4.78 is 0. The highest BCUT2D eigenvalue weighted by Crippen LogP contribution is 2.32. The number of benzene rings is 1. The van der Waals surface area contributed by atoms with Gasteiger partial charge < -0.3 is 16.4 Å². The first-order chi connectivity index (χ1) is 8.56. The minimum absolute atomic E-state index is 0.0833. The number of primary amides is 1. The highest BCUT2D eigenvalue weighted by Gasteiger charge is 2.28.